The summed E-state index contributed by atoms with van der Waals surface area (Å²) in [6, 6.07) is 8.63. The SMILES string of the molecule is C=C(NCCc1c[nH]cn1)N1CCSc2ccccc2C1. The number of benzene rings is 1. The zero-order valence-corrected chi connectivity index (χ0v) is 12.8. The van der Waals surface area contributed by atoms with Crippen molar-refractivity contribution in [2.45, 2.75) is 17.9 Å². The fourth-order valence-electron chi connectivity index (χ4n) is 2.43. The van der Waals surface area contributed by atoms with Crippen molar-refractivity contribution in [2.75, 3.05) is 18.8 Å². The Morgan fingerprint density at radius 3 is 3.19 bits per heavy atom. The number of nitrogens with one attached hydrogen (secondary N) is 2. The second-order valence-corrected chi connectivity index (χ2v) is 6.20. The van der Waals surface area contributed by atoms with Crippen LogP contribution in [-0.2, 0) is 13.0 Å². The average Bonchev–Trinajstić information content (AvgIpc) is 2.91. The van der Waals surface area contributed by atoms with Gasteiger partial charge in [0.05, 0.1) is 17.8 Å². The Morgan fingerprint density at radius 2 is 2.33 bits per heavy atom. The fraction of sp³-hybridized carbons (Fsp3) is 0.312. The molecular weight excluding hydrogens is 280 g/mol. The Labute approximate surface area is 129 Å². The summed E-state index contributed by atoms with van der Waals surface area (Å²) in [4.78, 5) is 10.9. The molecular formula is C16H20N4S. The Morgan fingerprint density at radius 1 is 1.43 bits per heavy atom. The van der Waals surface area contributed by atoms with Crippen LogP contribution < -0.4 is 5.32 Å². The van der Waals surface area contributed by atoms with Gasteiger partial charge in [0.2, 0.25) is 0 Å². The molecule has 0 fully saturated rings. The van der Waals surface area contributed by atoms with E-state index in [0.29, 0.717) is 0 Å². The lowest BCUT2D eigenvalue weighted by molar-refractivity contribution is 0.333. The second kappa shape index (κ2) is 6.72. The number of H-pyrrole nitrogens is 1. The number of fused-ring (bicyclic) bond motifs is 1. The van der Waals surface area contributed by atoms with Crippen LogP contribution in [-0.4, -0.2) is 33.7 Å². The lowest BCUT2D eigenvalue weighted by Crippen LogP contribution is -2.32. The normalized spacial score (nSPS) is 14.4. The minimum Gasteiger partial charge on any atom is -0.372 e. The van der Waals surface area contributed by atoms with Crippen molar-refractivity contribution in [1.82, 2.24) is 20.2 Å². The number of nitrogens with zero attached hydrogens (tertiary/aromatic N) is 2. The Hall–Kier alpha value is -1.88. The first-order valence-corrected chi connectivity index (χ1v) is 8.17. The van der Waals surface area contributed by atoms with Crippen molar-refractivity contribution >= 4 is 11.8 Å². The van der Waals surface area contributed by atoms with E-state index in [1.54, 1.807) is 6.33 Å². The maximum Gasteiger partial charge on any atom is 0.0942 e. The summed E-state index contributed by atoms with van der Waals surface area (Å²) < 4.78 is 0. The minimum atomic E-state index is 0.856. The van der Waals surface area contributed by atoms with Crippen molar-refractivity contribution in [3.63, 3.8) is 0 Å². The van der Waals surface area contributed by atoms with Gasteiger partial charge >= 0.3 is 0 Å². The minimum absolute atomic E-state index is 0.856. The molecule has 2 N–H and O–H groups in total. The third-order valence-corrected chi connectivity index (χ3v) is 4.70. The smallest absolute Gasteiger partial charge is 0.0942 e. The maximum absolute atomic E-state index is 4.23. The molecule has 0 spiro atoms. The Bertz CT molecular complexity index is 594. The first-order valence-electron chi connectivity index (χ1n) is 7.19. The molecule has 1 aliphatic heterocycles. The number of thioether (sulfide) groups is 1. The number of aromatic amines is 1. The molecule has 1 aromatic heterocycles. The van der Waals surface area contributed by atoms with Gasteiger partial charge in [0.25, 0.3) is 0 Å². The van der Waals surface area contributed by atoms with E-state index in [9.17, 15) is 0 Å². The van der Waals surface area contributed by atoms with Gasteiger partial charge in [-0.05, 0) is 11.6 Å². The molecule has 1 aromatic carbocycles. The van der Waals surface area contributed by atoms with Crippen LogP contribution in [0, 0.1) is 0 Å². The molecule has 4 nitrogen and oxygen atoms in total. The van der Waals surface area contributed by atoms with Crippen LogP contribution in [0.1, 0.15) is 11.3 Å². The van der Waals surface area contributed by atoms with Gasteiger partial charge in [0.15, 0.2) is 0 Å². The van der Waals surface area contributed by atoms with Crippen LogP contribution in [0.5, 0.6) is 0 Å². The van der Waals surface area contributed by atoms with Crippen LogP contribution in [0.3, 0.4) is 0 Å². The van der Waals surface area contributed by atoms with E-state index in [1.165, 1.54) is 10.5 Å². The molecule has 0 amide bonds. The van der Waals surface area contributed by atoms with Gasteiger partial charge in [-0.2, -0.15) is 0 Å². The molecule has 110 valence electrons. The molecule has 0 aliphatic carbocycles. The first kappa shape index (κ1) is 14.1. The molecule has 0 unspecified atom stereocenters. The van der Waals surface area contributed by atoms with Crippen molar-refractivity contribution < 1.29 is 0 Å². The molecule has 3 rings (SSSR count). The summed E-state index contributed by atoms with van der Waals surface area (Å²) in [5.41, 5.74) is 2.46. The lowest BCUT2D eigenvalue weighted by Gasteiger charge is -2.25. The number of rotatable bonds is 5. The summed E-state index contributed by atoms with van der Waals surface area (Å²) in [7, 11) is 0. The van der Waals surface area contributed by atoms with E-state index in [0.717, 1.165) is 43.3 Å². The van der Waals surface area contributed by atoms with E-state index in [-0.39, 0.29) is 0 Å². The van der Waals surface area contributed by atoms with E-state index in [2.05, 4.69) is 51.0 Å². The molecule has 0 saturated heterocycles. The largest absolute Gasteiger partial charge is 0.372 e. The van der Waals surface area contributed by atoms with Gasteiger partial charge in [-0.25, -0.2) is 4.98 Å². The number of aromatic nitrogens is 2. The van der Waals surface area contributed by atoms with Gasteiger partial charge in [0.1, 0.15) is 0 Å². The summed E-state index contributed by atoms with van der Waals surface area (Å²) in [6.07, 6.45) is 4.55. The quantitative estimate of drug-likeness (QED) is 0.891. The van der Waals surface area contributed by atoms with Crippen molar-refractivity contribution in [3.05, 3.63) is 60.4 Å². The van der Waals surface area contributed by atoms with Gasteiger partial charge in [0, 0.05) is 42.9 Å². The van der Waals surface area contributed by atoms with Crippen molar-refractivity contribution in [3.8, 4) is 0 Å². The molecule has 0 atom stereocenters. The summed E-state index contributed by atoms with van der Waals surface area (Å²) in [5.74, 6) is 2.10. The first-order chi connectivity index (χ1) is 10.3. The lowest BCUT2D eigenvalue weighted by atomic mass is 10.2. The van der Waals surface area contributed by atoms with Crippen LogP contribution in [0.2, 0.25) is 0 Å². The van der Waals surface area contributed by atoms with Crippen LogP contribution in [0.4, 0.5) is 0 Å². The summed E-state index contributed by atoms with van der Waals surface area (Å²) in [5, 5.41) is 3.42. The Balaban J connectivity index is 1.55. The third kappa shape index (κ3) is 3.61. The van der Waals surface area contributed by atoms with E-state index >= 15 is 0 Å². The van der Waals surface area contributed by atoms with E-state index in [4.69, 9.17) is 0 Å². The molecule has 21 heavy (non-hydrogen) atoms. The molecule has 0 bridgehead atoms. The highest BCUT2D eigenvalue weighted by Crippen LogP contribution is 2.27. The summed E-state index contributed by atoms with van der Waals surface area (Å²) in [6.45, 7) is 6.99. The highest BCUT2D eigenvalue weighted by atomic mass is 32.2. The summed E-state index contributed by atoms with van der Waals surface area (Å²) >= 11 is 1.93. The fourth-order valence-corrected chi connectivity index (χ4v) is 3.45. The van der Waals surface area contributed by atoms with Crippen LogP contribution in [0.25, 0.3) is 0 Å². The predicted molar refractivity (Wildman–Crippen MR) is 87.0 cm³/mol. The molecule has 2 aromatic rings. The molecule has 5 heteroatoms. The van der Waals surface area contributed by atoms with E-state index < -0.39 is 0 Å². The second-order valence-electron chi connectivity index (χ2n) is 5.06. The van der Waals surface area contributed by atoms with Crippen LogP contribution in [0.15, 0.2) is 54.1 Å². The monoisotopic (exact) mass is 300 g/mol. The van der Waals surface area contributed by atoms with Gasteiger partial charge in [-0.15, -0.1) is 11.8 Å². The molecule has 0 radical (unpaired) electrons. The van der Waals surface area contributed by atoms with E-state index in [1.807, 2.05) is 18.0 Å². The van der Waals surface area contributed by atoms with Gasteiger partial charge < -0.3 is 15.2 Å². The zero-order chi connectivity index (χ0) is 14.5. The number of imidazole rings is 1. The standard InChI is InChI=1S/C16H20N4S/c1-13(18-7-6-15-10-17-12-19-15)20-8-9-21-16-5-3-2-4-14(16)11-20/h2-5,10,12,18H,1,6-9,11H2,(H,17,19). The average molecular weight is 300 g/mol. The topological polar surface area (TPSA) is 44.0 Å². The van der Waals surface area contributed by atoms with Gasteiger partial charge in [-0.1, -0.05) is 24.8 Å². The van der Waals surface area contributed by atoms with Gasteiger partial charge in [-0.3, -0.25) is 0 Å². The third-order valence-electron chi connectivity index (χ3n) is 3.60. The molecule has 0 saturated carbocycles. The maximum atomic E-state index is 4.23. The Kier molecular flexibility index (Phi) is 4.50. The predicted octanol–water partition coefficient (Wildman–Crippen LogP) is 2.62. The zero-order valence-electron chi connectivity index (χ0n) is 12.0. The molecule has 2 heterocycles. The molecule has 1 aliphatic rings. The highest BCUT2D eigenvalue weighted by molar-refractivity contribution is 7.99. The van der Waals surface area contributed by atoms with Crippen molar-refractivity contribution in [1.29, 1.82) is 0 Å². The van der Waals surface area contributed by atoms with Crippen LogP contribution >= 0.6 is 11.8 Å². The number of hydrogen-bond donors (Lipinski definition) is 2. The van der Waals surface area contributed by atoms with Crippen molar-refractivity contribution in [2.24, 2.45) is 0 Å². The number of hydrogen-bond acceptors (Lipinski definition) is 4. The highest BCUT2D eigenvalue weighted by Gasteiger charge is 2.15.